The molecular formula is C18H17N3O5S. The number of carbonyl (C=O) groups is 1. The number of nitro groups is 1. The van der Waals surface area contributed by atoms with E-state index in [0.717, 1.165) is 30.2 Å². The van der Waals surface area contributed by atoms with Gasteiger partial charge in [-0.3, -0.25) is 19.6 Å². The van der Waals surface area contributed by atoms with Gasteiger partial charge in [0.05, 0.1) is 9.82 Å². The number of nitrogens with one attached hydrogen (secondary N) is 1. The summed E-state index contributed by atoms with van der Waals surface area (Å²) in [4.78, 5) is 24.1. The summed E-state index contributed by atoms with van der Waals surface area (Å²) < 4.78 is 27.6. The van der Waals surface area contributed by atoms with Gasteiger partial charge in [0.25, 0.3) is 15.7 Å². The van der Waals surface area contributed by atoms with Gasteiger partial charge in [0.2, 0.25) is 5.91 Å². The number of hydrogen-bond donors (Lipinski definition) is 1. The maximum Gasteiger partial charge on any atom is 0.270 e. The summed E-state index contributed by atoms with van der Waals surface area (Å²) in [6, 6.07) is 9.95. The summed E-state index contributed by atoms with van der Waals surface area (Å²) in [6.07, 6.45) is 2.54. The SMILES string of the molecule is O=C(C1CC1)N1CCc2cc(NS(=O)(=O)c3cccc([N+](=O)[O-])c3)ccc21. The zero-order valence-electron chi connectivity index (χ0n) is 14.3. The van der Waals surface area contributed by atoms with Gasteiger partial charge >= 0.3 is 0 Å². The summed E-state index contributed by atoms with van der Waals surface area (Å²) in [6.45, 7) is 0.603. The first kappa shape index (κ1) is 17.5. The van der Waals surface area contributed by atoms with E-state index in [1.54, 1.807) is 23.1 Å². The molecule has 0 atom stereocenters. The van der Waals surface area contributed by atoms with Crippen LogP contribution in [0, 0.1) is 16.0 Å². The average Bonchev–Trinajstić information content (AvgIpc) is 3.41. The lowest BCUT2D eigenvalue weighted by atomic mass is 10.1. The molecule has 0 bridgehead atoms. The number of nitro benzene ring substituents is 1. The zero-order chi connectivity index (χ0) is 19.2. The lowest BCUT2D eigenvalue weighted by molar-refractivity contribution is -0.385. The van der Waals surface area contributed by atoms with Gasteiger partial charge < -0.3 is 4.90 Å². The molecule has 1 aliphatic heterocycles. The van der Waals surface area contributed by atoms with Crippen LogP contribution in [0.15, 0.2) is 47.4 Å². The molecule has 1 amide bonds. The summed E-state index contributed by atoms with van der Waals surface area (Å²) in [5.74, 6) is 0.265. The third-order valence-corrected chi connectivity index (χ3v) is 6.14. The first-order valence-corrected chi connectivity index (χ1v) is 10.0. The van der Waals surface area contributed by atoms with E-state index >= 15 is 0 Å². The monoisotopic (exact) mass is 387 g/mol. The third-order valence-electron chi connectivity index (χ3n) is 4.76. The maximum absolute atomic E-state index is 12.5. The lowest BCUT2D eigenvalue weighted by Gasteiger charge is -2.17. The molecule has 0 saturated heterocycles. The molecule has 0 unspecified atom stereocenters. The molecule has 4 rings (SSSR count). The minimum absolute atomic E-state index is 0.128. The van der Waals surface area contributed by atoms with Crippen LogP contribution in [0.3, 0.4) is 0 Å². The Bertz CT molecular complexity index is 1050. The van der Waals surface area contributed by atoms with Gasteiger partial charge in [-0.1, -0.05) is 6.07 Å². The average molecular weight is 387 g/mol. The van der Waals surface area contributed by atoms with Crippen LogP contribution in [0.5, 0.6) is 0 Å². The minimum Gasteiger partial charge on any atom is -0.312 e. The summed E-state index contributed by atoms with van der Waals surface area (Å²) in [5, 5.41) is 10.9. The highest BCUT2D eigenvalue weighted by Gasteiger charge is 2.36. The van der Waals surface area contributed by atoms with Crippen molar-refractivity contribution in [3.8, 4) is 0 Å². The highest BCUT2D eigenvalue weighted by atomic mass is 32.2. The summed E-state index contributed by atoms with van der Waals surface area (Å²) in [7, 11) is -3.96. The van der Waals surface area contributed by atoms with Crippen molar-refractivity contribution >= 4 is 33.0 Å². The molecule has 2 aliphatic rings. The van der Waals surface area contributed by atoms with E-state index in [4.69, 9.17) is 0 Å². The molecule has 1 N–H and O–H groups in total. The highest BCUT2D eigenvalue weighted by molar-refractivity contribution is 7.92. The molecule has 0 radical (unpaired) electrons. The van der Waals surface area contributed by atoms with Crippen molar-refractivity contribution in [2.24, 2.45) is 5.92 Å². The molecule has 2 aromatic rings. The second-order valence-electron chi connectivity index (χ2n) is 6.72. The fraction of sp³-hybridized carbons (Fsp3) is 0.278. The van der Waals surface area contributed by atoms with Crippen molar-refractivity contribution in [3.05, 3.63) is 58.1 Å². The smallest absolute Gasteiger partial charge is 0.270 e. The molecule has 1 saturated carbocycles. The molecule has 9 heteroatoms. The third kappa shape index (κ3) is 3.37. The second-order valence-corrected chi connectivity index (χ2v) is 8.40. The molecular weight excluding hydrogens is 370 g/mol. The van der Waals surface area contributed by atoms with Crippen LogP contribution in [0.1, 0.15) is 18.4 Å². The number of benzene rings is 2. The summed E-state index contributed by atoms with van der Waals surface area (Å²) in [5.41, 5.74) is 1.80. The number of rotatable bonds is 5. The van der Waals surface area contributed by atoms with Gasteiger partial charge in [-0.15, -0.1) is 0 Å². The van der Waals surface area contributed by atoms with Crippen LogP contribution >= 0.6 is 0 Å². The van der Waals surface area contributed by atoms with Crippen molar-refractivity contribution in [1.82, 2.24) is 0 Å². The van der Waals surface area contributed by atoms with Crippen molar-refractivity contribution < 1.29 is 18.1 Å². The van der Waals surface area contributed by atoms with Gasteiger partial charge in [0.15, 0.2) is 0 Å². The number of amides is 1. The molecule has 0 spiro atoms. The standard InChI is InChI=1S/C18H17N3O5S/c22-18(12-4-5-12)20-9-8-13-10-14(6-7-17(13)20)19-27(25,26)16-3-1-2-15(11-16)21(23)24/h1-3,6-7,10-12,19H,4-5,8-9H2. The van der Waals surface area contributed by atoms with E-state index in [0.29, 0.717) is 18.7 Å². The van der Waals surface area contributed by atoms with E-state index in [-0.39, 0.29) is 22.4 Å². The van der Waals surface area contributed by atoms with Crippen LogP contribution in [0.25, 0.3) is 0 Å². The van der Waals surface area contributed by atoms with E-state index in [1.807, 2.05) is 0 Å². The van der Waals surface area contributed by atoms with Gasteiger partial charge in [0, 0.05) is 36.0 Å². The van der Waals surface area contributed by atoms with Gasteiger partial charge in [-0.25, -0.2) is 8.42 Å². The molecule has 2 aromatic carbocycles. The fourth-order valence-electron chi connectivity index (χ4n) is 3.22. The number of anilines is 2. The largest absolute Gasteiger partial charge is 0.312 e. The van der Waals surface area contributed by atoms with E-state index < -0.39 is 14.9 Å². The number of non-ortho nitro benzene ring substituents is 1. The van der Waals surface area contributed by atoms with Crippen LogP contribution in [-0.2, 0) is 21.2 Å². The Balaban J connectivity index is 1.57. The van der Waals surface area contributed by atoms with E-state index in [1.165, 1.54) is 18.2 Å². The fourth-order valence-corrected chi connectivity index (χ4v) is 4.31. The minimum atomic E-state index is -3.96. The Labute approximate surface area is 156 Å². The quantitative estimate of drug-likeness (QED) is 0.626. The molecule has 140 valence electrons. The van der Waals surface area contributed by atoms with Crippen molar-refractivity contribution in [3.63, 3.8) is 0 Å². The molecule has 1 fully saturated rings. The summed E-state index contributed by atoms with van der Waals surface area (Å²) >= 11 is 0. The Kier molecular flexibility index (Phi) is 4.11. The van der Waals surface area contributed by atoms with Crippen LogP contribution in [-0.4, -0.2) is 25.8 Å². The predicted molar refractivity (Wildman–Crippen MR) is 99.1 cm³/mol. The number of carbonyl (C=O) groups excluding carboxylic acids is 1. The Morgan fingerprint density at radius 1 is 1.19 bits per heavy atom. The Hall–Kier alpha value is -2.94. The number of hydrogen-bond acceptors (Lipinski definition) is 5. The lowest BCUT2D eigenvalue weighted by Crippen LogP contribution is -2.30. The van der Waals surface area contributed by atoms with E-state index in [2.05, 4.69) is 4.72 Å². The topological polar surface area (TPSA) is 110 Å². The zero-order valence-corrected chi connectivity index (χ0v) is 15.1. The van der Waals surface area contributed by atoms with Crippen molar-refractivity contribution in [2.75, 3.05) is 16.2 Å². The molecule has 1 aliphatic carbocycles. The normalized spacial score (nSPS) is 16.1. The Morgan fingerprint density at radius 2 is 1.96 bits per heavy atom. The first-order chi connectivity index (χ1) is 12.8. The van der Waals surface area contributed by atoms with Crippen molar-refractivity contribution in [2.45, 2.75) is 24.2 Å². The van der Waals surface area contributed by atoms with Crippen LogP contribution in [0.4, 0.5) is 17.1 Å². The first-order valence-electron chi connectivity index (χ1n) is 8.57. The number of fused-ring (bicyclic) bond motifs is 1. The highest BCUT2D eigenvalue weighted by Crippen LogP contribution is 2.37. The molecule has 27 heavy (non-hydrogen) atoms. The maximum atomic E-state index is 12.5. The van der Waals surface area contributed by atoms with Gasteiger partial charge in [-0.05, 0) is 49.1 Å². The van der Waals surface area contributed by atoms with Gasteiger partial charge in [-0.2, -0.15) is 0 Å². The van der Waals surface area contributed by atoms with Crippen LogP contribution < -0.4 is 9.62 Å². The molecule has 1 heterocycles. The second kappa shape index (κ2) is 6.34. The van der Waals surface area contributed by atoms with Crippen molar-refractivity contribution in [1.29, 1.82) is 0 Å². The Morgan fingerprint density at radius 3 is 2.67 bits per heavy atom. The number of nitrogens with zero attached hydrogens (tertiary/aromatic N) is 2. The van der Waals surface area contributed by atoms with E-state index in [9.17, 15) is 23.3 Å². The van der Waals surface area contributed by atoms with Crippen LogP contribution in [0.2, 0.25) is 0 Å². The van der Waals surface area contributed by atoms with Gasteiger partial charge in [0.1, 0.15) is 0 Å². The molecule has 0 aromatic heterocycles. The predicted octanol–water partition coefficient (Wildman–Crippen LogP) is 2.69. The molecule has 8 nitrogen and oxygen atoms in total. The number of sulfonamides is 1.